The first-order valence-corrected chi connectivity index (χ1v) is 11.9. The molecule has 0 aliphatic carbocycles. The van der Waals surface area contributed by atoms with Gasteiger partial charge in [0.05, 0.1) is 18.7 Å². The molecule has 1 atom stereocenters. The summed E-state index contributed by atoms with van der Waals surface area (Å²) >= 11 is 1.69. The molecular weight excluding hydrogens is 448 g/mol. The number of allylic oxidation sites excluding steroid dienone is 1. The van der Waals surface area contributed by atoms with Crippen molar-refractivity contribution in [3.05, 3.63) is 94.1 Å². The molecule has 3 heterocycles. The van der Waals surface area contributed by atoms with Gasteiger partial charge in [-0.05, 0) is 42.5 Å². The fraction of sp³-hybridized carbons (Fsp3) is 0.192. The highest BCUT2D eigenvalue weighted by atomic mass is 32.1. The highest BCUT2D eigenvalue weighted by molar-refractivity contribution is 7.09. The number of thiophene rings is 1. The maximum Gasteiger partial charge on any atom is 0.322 e. The highest BCUT2D eigenvalue weighted by Crippen LogP contribution is 2.37. The first-order valence-electron chi connectivity index (χ1n) is 11.0. The zero-order valence-corrected chi connectivity index (χ0v) is 19.7. The van der Waals surface area contributed by atoms with Crippen LogP contribution in [0, 0.1) is 0 Å². The number of nitrogens with zero attached hydrogens (tertiary/aromatic N) is 3. The number of urea groups is 1. The number of hydrogen-bond donors (Lipinski definition) is 1. The molecule has 2 amide bonds. The summed E-state index contributed by atoms with van der Waals surface area (Å²) in [5.41, 5.74) is 3.35. The van der Waals surface area contributed by atoms with E-state index in [-0.39, 0.29) is 6.03 Å². The van der Waals surface area contributed by atoms with Crippen LogP contribution in [0.15, 0.2) is 82.3 Å². The van der Waals surface area contributed by atoms with Gasteiger partial charge in [-0.15, -0.1) is 11.3 Å². The molecule has 8 heteroatoms. The number of carbonyl (C=O) groups excluding carboxylic acids is 1. The lowest BCUT2D eigenvalue weighted by Crippen LogP contribution is -2.46. The number of aromatic nitrogens is 2. The Labute approximate surface area is 201 Å². The summed E-state index contributed by atoms with van der Waals surface area (Å²) in [6.07, 6.45) is 0.766. The van der Waals surface area contributed by atoms with Gasteiger partial charge in [0, 0.05) is 22.7 Å². The Morgan fingerprint density at radius 3 is 2.59 bits per heavy atom. The minimum absolute atomic E-state index is 0.151. The smallest absolute Gasteiger partial charge is 0.322 e. The Bertz CT molecular complexity index is 1300. The van der Waals surface area contributed by atoms with E-state index < -0.39 is 6.04 Å². The fourth-order valence-corrected chi connectivity index (χ4v) is 4.79. The van der Waals surface area contributed by atoms with Crippen LogP contribution in [0.25, 0.3) is 17.0 Å². The second-order valence-corrected chi connectivity index (χ2v) is 8.96. The Morgan fingerprint density at radius 1 is 1.09 bits per heavy atom. The summed E-state index contributed by atoms with van der Waals surface area (Å²) in [6.45, 7) is 2.49. The quantitative estimate of drug-likeness (QED) is 0.382. The SMILES string of the molecule is COc1ccc(C2NC(=O)N(CCc3cccs3)C(C)=C2c2nc(-c3ccccc3)no2)cc1. The van der Waals surface area contributed by atoms with Crippen LogP contribution in [0.2, 0.25) is 0 Å². The van der Waals surface area contributed by atoms with E-state index in [1.165, 1.54) is 4.88 Å². The molecule has 5 rings (SSSR count). The molecule has 2 aromatic heterocycles. The molecule has 7 nitrogen and oxygen atoms in total. The summed E-state index contributed by atoms with van der Waals surface area (Å²) < 4.78 is 11.0. The van der Waals surface area contributed by atoms with E-state index in [9.17, 15) is 4.79 Å². The number of nitrogens with one attached hydrogen (secondary N) is 1. The molecule has 0 fully saturated rings. The van der Waals surface area contributed by atoms with Gasteiger partial charge in [0.1, 0.15) is 5.75 Å². The maximum atomic E-state index is 13.2. The van der Waals surface area contributed by atoms with Crippen molar-refractivity contribution in [1.82, 2.24) is 20.4 Å². The lowest BCUT2D eigenvalue weighted by Gasteiger charge is -2.35. The van der Waals surface area contributed by atoms with Gasteiger partial charge in [0.2, 0.25) is 5.82 Å². The zero-order chi connectivity index (χ0) is 23.5. The average Bonchev–Trinajstić information content (AvgIpc) is 3.57. The molecule has 0 saturated heterocycles. The van der Waals surface area contributed by atoms with Crippen LogP contribution in [-0.2, 0) is 6.42 Å². The number of methoxy groups -OCH3 is 1. The minimum Gasteiger partial charge on any atom is -0.497 e. The maximum absolute atomic E-state index is 13.2. The first-order chi connectivity index (χ1) is 16.6. The molecule has 0 spiro atoms. The van der Waals surface area contributed by atoms with Crippen LogP contribution in [0.1, 0.15) is 29.3 Å². The van der Waals surface area contributed by atoms with Crippen LogP contribution in [0.5, 0.6) is 5.75 Å². The Balaban J connectivity index is 1.55. The second kappa shape index (κ2) is 9.52. The summed E-state index contributed by atoms with van der Waals surface area (Å²) in [5.74, 6) is 1.64. The molecule has 1 N–H and O–H groups in total. The fourth-order valence-electron chi connectivity index (χ4n) is 4.09. The van der Waals surface area contributed by atoms with Crippen LogP contribution < -0.4 is 10.1 Å². The van der Waals surface area contributed by atoms with E-state index in [1.54, 1.807) is 23.3 Å². The molecule has 172 valence electrons. The Morgan fingerprint density at radius 2 is 1.88 bits per heavy atom. The standard InChI is InChI=1S/C26H24N4O3S/c1-17-22(25-28-24(29-33-25)19-7-4-3-5-8-19)23(18-10-12-20(32-2)13-11-18)27-26(31)30(17)15-14-21-9-6-16-34-21/h3-13,16,23H,14-15H2,1-2H3,(H,27,31). The largest absolute Gasteiger partial charge is 0.497 e. The van der Waals surface area contributed by atoms with Crippen molar-refractivity contribution in [2.24, 2.45) is 0 Å². The van der Waals surface area contributed by atoms with E-state index in [0.717, 1.165) is 34.6 Å². The van der Waals surface area contributed by atoms with Crippen molar-refractivity contribution in [1.29, 1.82) is 0 Å². The Hall–Kier alpha value is -3.91. The molecule has 1 aliphatic rings. The van der Waals surface area contributed by atoms with E-state index in [0.29, 0.717) is 18.3 Å². The van der Waals surface area contributed by atoms with Crippen molar-refractivity contribution in [2.75, 3.05) is 13.7 Å². The highest BCUT2D eigenvalue weighted by Gasteiger charge is 2.35. The normalized spacial score (nSPS) is 16.0. The molecule has 34 heavy (non-hydrogen) atoms. The number of amides is 2. The van der Waals surface area contributed by atoms with E-state index >= 15 is 0 Å². The summed E-state index contributed by atoms with van der Waals surface area (Å²) in [5, 5.41) is 9.40. The lowest BCUT2D eigenvalue weighted by molar-refractivity contribution is 0.205. The van der Waals surface area contributed by atoms with Gasteiger partial charge in [-0.2, -0.15) is 4.98 Å². The topological polar surface area (TPSA) is 80.5 Å². The third kappa shape index (κ3) is 4.32. The lowest BCUT2D eigenvalue weighted by atomic mass is 9.94. The van der Waals surface area contributed by atoms with Crippen LogP contribution in [-0.4, -0.2) is 34.7 Å². The molecular formula is C26H24N4O3S. The predicted octanol–water partition coefficient (Wildman–Crippen LogP) is 5.55. The number of hydrogen-bond acceptors (Lipinski definition) is 6. The Kier molecular flexibility index (Phi) is 6.14. The first kappa shape index (κ1) is 21.9. The van der Waals surface area contributed by atoms with Crippen LogP contribution in [0.3, 0.4) is 0 Å². The molecule has 1 unspecified atom stereocenters. The van der Waals surface area contributed by atoms with Crippen molar-refractivity contribution < 1.29 is 14.1 Å². The van der Waals surface area contributed by atoms with Crippen molar-refractivity contribution in [3.8, 4) is 17.1 Å². The van der Waals surface area contributed by atoms with Crippen molar-refractivity contribution >= 4 is 22.9 Å². The molecule has 4 aromatic rings. The van der Waals surface area contributed by atoms with Gasteiger partial charge in [-0.25, -0.2) is 4.79 Å². The van der Waals surface area contributed by atoms with Crippen LogP contribution >= 0.6 is 11.3 Å². The van der Waals surface area contributed by atoms with E-state index in [4.69, 9.17) is 14.2 Å². The third-order valence-corrected chi connectivity index (χ3v) is 6.83. The van der Waals surface area contributed by atoms with E-state index in [2.05, 4.69) is 16.5 Å². The van der Waals surface area contributed by atoms with Gasteiger partial charge < -0.3 is 14.6 Å². The second-order valence-electron chi connectivity index (χ2n) is 7.92. The van der Waals surface area contributed by atoms with Gasteiger partial charge in [-0.3, -0.25) is 4.90 Å². The molecule has 0 saturated carbocycles. The van der Waals surface area contributed by atoms with Crippen LogP contribution in [0.4, 0.5) is 4.79 Å². The predicted molar refractivity (Wildman–Crippen MR) is 131 cm³/mol. The average molecular weight is 473 g/mol. The summed E-state index contributed by atoms with van der Waals surface area (Å²) in [6, 6.07) is 20.8. The molecule has 0 radical (unpaired) electrons. The number of benzene rings is 2. The monoisotopic (exact) mass is 472 g/mol. The molecule has 1 aliphatic heterocycles. The van der Waals surface area contributed by atoms with Gasteiger partial charge in [0.25, 0.3) is 5.89 Å². The van der Waals surface area contributed by atoms with Gasteiger partial charge >= 0.3 is 6.03 Å². The minimum atomic E-state index is -0.430. The molecule has 0 bridgehead atoms. The van der Waals surface area contributed by atoms with Crippen molar-refractivity contribution in [2.45, 2.75) is 19.4 Å². The summed E-state index contributed by atoms with van der Waals surface area (Å²) in [7, 11) is 1.63. The summed E-state index contributed by atoms with van der Waals surface area (Å²) in [4.78, 5) is 20.8. The van der Waals surface area contributed by atoms with Gasteiger partial charge in [-0.1, -0.05) is 53.7 Å². The zero-order valence-electron chi connectivity index (χ0n) is 18.9. The third-order valence-electron chi connectivity index (χ3n) is 5.90. The number of rotatable bonds is 7. The van der Waals surface area contributed by atoms with Gasteiger partial charge in [0.15, 0.2) is 0 Å². The number of ether oxygens (including phenoxy) is 1. The van der Waals surface area contributed by atoms with E-state index in [1.807, 2.05) is 73.0 Å². The van der Waals surface area contributed by atoms with Crippen molar-refractivity contribution in [3.63, 3.8) is 0 Å². The molecule has 2 aromatic carbocycles. The number of carbonyl (C=O) groups is 1.